The van der Waals surface area contributed by atoms with Gasteiger partial charge in [0.15, 0.2) is 0 Å². The maximum atomic E-state index is 12.6. The molecule has 1 aromatic heterocycles. The second-order valence-corrected chi connectivity index (χ2v) is 4.66. The number of pyridine rings is 1. The van der Waals surface area contributed by atoms with E-state index in [1.54, 1.807) is 23.2 Å². The van der Waals surface area contributed by atoms with Crippen molar-refractivity contribution in [2.45, 2.75) is 6.92 Å². The molecular weight excluding hydrogens is 260 g/mol. The number of ether oxygens (including phenoxy) is 2. The number of nitrogens with zero attached hydrogens (tertiary/aromatic N) is 2. The number of aromatic nitrogens is 1. The Bertz CT molecular complexity index is 453. The van der Waals surface area contributed by atoms with Crippen molar-refractivity contribution in [2.24, 2.45) is 5.92 Å². The molecule has 1 atom stereocenters. The van der Waals surface area contributed by atoms with Crippen LogP contribution in [0.1, 0.15) is 17.3 Å². The molecule has 0 unspecified atom stereocenters. The van der Waals surface area contributed by atoms with Crippen molar-refractivity contribution >= 4 is 5.91 Å². The van der Waals surface area contributed by atoms with Crippen molar-refractivity contribution in [3.05, 3.63) is 23.9 Å². The molecule has 2 rings (SSSR count). The molecule has 20 heavy (non-hydrogen) atoms. The topological polar surface area (TPSA) is 71.9 Å². The number of amides is 1. The third kappa shape index (κ3) is 3.46. The first-order valence-corrected chi connectivity index (χ1v) is 6.82. The fourth-order valence-electron chi connectivity index (χ4n) is 2.15. The maximum Gasteiger partial charge on any atom is 0.259 e. The van der Waals surface area contributed by atoms with Gasteiger partial charge in [-0.15, -0.1) is 0 Å². The van der Waals surface area contributed by atoms with Gasteiger partial charge in [-0.3, -0.25) is 4.79 Å². The molecule has 1 amide bonds. The number of carbonyl (C=O) groups is 1. The lowest BCUT2D eigenvalue weighted by atomic mass is 10.1. The predicted molar refractivity (Wildman–Crippen MR) is 72.7 cm³/mol. The Morgan fingerprint density at radius 2 is 2.50 bits per heavy atom. The second kappa shape index (κ2) is 7.21. The summed E-state index contributed by atoms with van der Waals surface area (Å²) in [5.74, 6) is 0.171. The Morgan fingerprint density at radius 3 is 3.25 bits per heavy atom. The van der Waals surface area contributed by atoms with Gasteiger partial charge in [0, 0.05) is 31.8 Å². The maximum absolute atomic E-state index is 12.6. The average Bonchev–Trinajstić information content (AvgIpc) is 2.73. The van der Waals surface area contributed by atoms with Crippen molar-refractivity contribution in [3.63, 3.8) is 0 Å². The van der Waals surface area contributed by atoms with E-state index in [-0.39, 0.29) is 18.4 Å². The first-order chi connectivity index (χ1) is 9.76. The van der Waals surface area contributed by atoms with Gasteiger partial charge in [-0.2, -0.15) is 0 Å². The van der Waals surface area contributed by atoms with Gasteiger partial charge in [0.2, 0.25) is 5.88 Å². The van der Waals surface area contributed by atoms with Crippen molar-refractivity contribution in [1.82, 2.24) is 9.88 Å². The van der Waals surface area contributed by atoms with Crippen LogP contribution in [-0.4, -0.2) is 60.4 Å². The minimum atomic E-state index is -0.134. The molecule has 1 aliphatic heterocycles. The third-order valence-corrected chi connectivity index (χ3v) is 3.17. The van der Waals surface area contributed by atoms with Gasteiger partial charge in [-0.25, -0.2) is 4.98 Å². The molecule has 0 saturated carbocycles. The summed E-state index contributed by atoms with van der Waals surface area (Å²) in [5.41, 5.74) is 0.452. The summed E-state index contributed by atoms with van der Waals surface area (Å²) < 4.78 is 10.8. The van der Waals surface area contributed by atoms with E-state index >= 15 is 0 Å². The van der Waals surface area contributed by atoms with Gasteiger partial charge in [-0.1, -0.05) is 0 Å². The lowest BCUT2D eigenvalue weighted by Gasteiger charge is -2.23. The lowest BCUT2D eigenvalue weighted by Crippen LogP contribution is -2.37. The molecule has 110 valence electrons. The minimum absolute atomic E-state index is 0.00906. The van der Waals surface area contributed by atoms with Crippen LogP contribution in [0.3, 0.4) is 0 Å². The number of aliphatic hydroxyl groups is 1. The van der Waals surface area contributed by atoms with Gasteiger partial charge in [-0.05, 0) is 19.1 Å². The Labute approximate surface area is 118 Å². The Morgan fingerprint density at radius 1 is 1.65 bits per heavy atom. The van der Waals surface area contributed by atoms with Crippen molar-refractivity contribution in [3.8, 4) is 5.88 Å². The highest BCUT2D eigenvalue weighted by molar-refractivity contribution is 5.96. The number of rotatable bonds is 4. The SMILES string of the molecule is CCOc1ncccc1C(=O)N1CCOC[C@@H](CO)C1. The fraction of sp³-hybridized carbons (Fsp3) is 0.571. The predicted octanol–water partition coefficient (Wildman–Crippen LogP) is 0.561. The van der Waals surface area contributed by atoms with E-state index in [2.05, 4.69) is 4.98 Å². The van der Waals surface area contributed by atoms with Crippen LogP contribution in [0, 0.1) is 5.92 Å². The fourth-order valence-corrected chi connectivity index (χ4v) is 2.15. The molecule has 1 saturated heterocycles. The standard InChI is InChI=1S/C14H20N2O4/c1-2-20-13-12(4-3-5-15-13)14(18)16-6-7-19-10-11(8-16)9-17/h3-5,11,17H,2,6-10H2,1H3/t11-/m1/s1. The zero-order chi connectivity index (χ0) is 14.4. The van der Waals surface area contributed by atoms with E-state index in [4.69, 9.17) is 9.47 Å². The van der Waals surface area contributed by atoms with E-state index in [1.807, 2.05) is 6.92 Å². The Balaban J connectivity index is 2.17. The smallest absolute Gasteiger partial charge is 0.259 e. The molecule has 0 spiro atoms. The van der Waals surface area contributed by atoms with Crippen LogP contribution in [0.15, 0.2) is 18.3 Å². The molecule has 0 aromatic carbocycles. The summed E-state index contributed by atoms with van der Waals surface area (Å²) in [6.07, 6.45) is 1.60. The Hall–Kier alpha value is -1.66. The van der Waals surface area contributed by atoms with Crippen molar-refractivity contribution in [1.29, 1.82) is 0 Å². The van der Waals surface area contributed by atoms with E-state index < -0.39 is 0 Å². The normalized spacial score (nSPS) is 19.5. The van der Waals surface area contributed by atoms with Crippen LogP contribution < -0.4 is 4.74 Å². The minimum Gasteiger partial charge on any atom is -0.477 e. The molecule has 0 radical (unpaired) electrons. The molecule has 6 heteroatoms. The first kappa shape index (κ1) is 14.7. The summed E-state index contributed by atoms with van der Waals surface area (Å²) in [6.45, 7) is 4.27. The summed E-state index contributed by atoms with van der Waals surface area (Å²) in [4.78, 5) is 18.4. The van der Waals surface area contributed by atoms with Crippen molar-refractivity contribution in [2.75, 3.05) is 39.5 Å². The summed E-state index contributed by atoms with van der Waals surface area (Å²) in [5, 5.41) is 9.27. The zero-order valence-corrected chi connectivity index (χ0v) is 11.6. The molecule has 1 fully saturated rings. The molecule has 2 heterocycles. The summed E-state index contributed by atoms with van der Waals surface area (Å²) in [6, 6.07) is 3.42. The van der Waals surface area contributed by atoms with E-state index in [9.17, 15) is 9.90 Å². The van der Waals surface area contributed by atoms with Crippen molar-refractivity contribution < 1.29 is 19.4 Å². The van der Waals surface area contributed by atoms with Gasteiger partial charge in [0.05, 0.1) is 19.8 Å². The van der Waals surface area contributed by atoms with E-state index in [0.29, 0.717) is 44.4 Å². The van der Waals surface area contributed by atoms with Gasteiger partial charge < -0.3 is 19.5 Å². The van der Waals surface area contributed by atoms with Crippen LogP contribution >= 0.6 is 0 Å². The molecule has 1 aliphatic rings. The number of hydrogen-bond donors (Lipinski definition) is 1. The third-order valence-electron chi connectivity index (χ3n) is 3.17. The largest absolute Gasteiger partial charge is 0.477 e. The van der Waals surface area contributed by atoms with Gasteiger partial charge in [0.25, 0.3) is 5.91 Å². The first-order valence-electron chi connectivity index (χ1n) is 6.82. The average molecular weight is 280 g/mol. The molecule has 1 N–H and O–H groups in total. The van der Waals surface area contributed by atoms with Crippen LogP contribution in [0.5, 0.6) is 5.88 Å². The molecular formula is C14H20N2O4. The van der Waals surface area contributed by atoms with E-state index in [1.165, 1.54) is 0 Å². The van der Waals surface area contributed by atoms with E-state index in [0.717, 1.165) is 0 Å². The zero-order valence-electron chi connectivity index (χ0n) is 11.6. The highest BCUT2D eigenvalue weighted by Gasteiger charge is 2.25. The monoisotopic (exact) mass is 280 g/mol. The molecule has 0 aliphatic carbocycles. The van der Waals surface area contributed by atoms with Crippen LogP contribution in [0.25, 0.3) is 0 Å². The summed E-state index contributed by atoms with van der Waals surface area (Å²) >= 11 is 0. The highest BCUT2D eigenvalue weighted by Crippen LogP contribution is 2.18. The van der Waals surface area contributed by atoms with Gasteiger partial charge >= 0.3 is 0 Å². The Kier molecular flexibility index (Phi) is 5.31. The number of carbonyl (C=O) groups excluding carboxylic acids is 1. The van der Waals surface area contributed by atoms with Gasteiger partial charge in [0.1, 0.15) is 5.56 Å². The molecule has 6 nitrogen and oxygen atoms in total. The van der Waals surface area contributed by atoms with Crippen LogP contribution in [-0.2, 0) is 4.74 Å². The second-order valence-electron chi connectivity index (χ2n) is 4.66. The lowest BCUT2D eigenvalue weighted by molar-refractivity contribution is 0.0723. The van der Waals surface area contributed by atoms with Crippen LogP contribution in [0.2, 0.25) is 0 Å². The highest BCUT2D eigenvalue weighted by atomic mass is 16.5. The van der Waals surface area contributed by atoms with Crippen LogP contribution in [0.4, 0.5) is 0 Å². The quantitative estimate of drug-likeness (QED) is 0.872. The molecule has 1 aromatic rings. The number of aliphatic hydroxyl groups excluding tert-OH is 1. The number of hydrogen-bond acceptors (Lipinski definition) is 5. The summed E-state index contributed by atoms with van der Waals surface area (Å²) in [7, 11) is 0. The molecule has 0 bridgehead atoms.